The van der Waals surface area contributed by atoms with Gasteiger partial charge in [0.05, 0.1) is 6.10 Å². The Labute approximate surface area is 97.8 Å². The Morgan fingerprint density at radius 3 is 2.44 bits per heavy atom. The molecule has 3 aliphatic rings. The summed E-state index contributed by atoms with van der Waals surface area (Å²) < 4.78 is 5.78. The van der Waals surface area contributed by atoms with Crippen molar-refractivity contribution >= 4 is 0 Å². The lowest BCUT2D eigenvalue weighted by atomic mass is 9.56. The minimum Gasteiger partial charge on any atom is -0.381 e. The van der Waals surface area contributed by atoms with Crippen LogP contribution in [0.15, 0.2) is 30.3 Å². The molecule has 0 aromatic heterocycles. The summed E-state index contributed by atoms with van der Waals surface area (Å²) in [5, 5.41) is 0. The van der Waals surface area contributed by atoms with Crippen molar-refractivity contribution in [2.75, 3.05) is 7.11 Å². The first-order chi connectivity index (χ1) is 7.85. The average molecular weight is 216 g/mol. The van der Waals surface area contributed by atoms with Crippen LogP contribution in [-0.2, 0) is 10.2 Å². The molecule has 0 saturated heterocycles. The molecule has 0 amide bonds. The number of hydrogen-bond donors (Lipinski definition) is 0. The third-order valence-electron chi connectivity index (χ3n) is 4.79. The van der Waals surface area contributed by atoms with Crippen molar-refractivity contribution in [1.29, 1.82) is 0 Å². The number of methoxy groups -OCH3 is 1. The monoisotopic (exact) mass is 216 g/mol. The Morgan fingerprint density at radius 2 is 1.81 bits per heavy atom. The fraction of sp³-hybridized carbons (Fsp3) is 0.600. The van der Waals surface area contributed by atoms with Gasteiger partial charge in [-0.25, -0.2) is 0 Å². The number of benzene rings is 1. The third kappa shape index (κ3) is 1.41. The van der Waals surface area contributed by atoms with Crippen LogP contribution in [-0.4, -0.2) is 13.2 Å². The predicted octanol–water partition coefficient (Wildman–Crippen LogP) is 3.53. The maximum absolute atomic E-state index is 5.78. The van der Waals surface area contributed by atoms with Gasteiger partial charge in [0.25, 0.3) is 0 Å². The number of ether oxygens (including phenoxy) is 1. The summed E-state index contributed by atoms with van der Waals surface area (Å²) in [6.07, 6.45) is 7.15. The van der Waals surface area contributed by atoms with Crippen LogP contribution in [0, 0.1) is 5.92 Å². The number of fused-ring (bicyclic) bond motifs is 3. The smallest absolute Gasteiger partial charge is 0.0670 e. The van der Waals surface area contributed by atoms with E-state index >= 15 is 0 Å². The van der Waals surface area contributed by atoms with Gasteiger partial charge in [-0.05, 0) is 43.6 Å². The van der Waals surface area contributed by atoms with E-state index in [0.29, 0.717) is 11.5 Å². The van der Waals surface area contributed by atoms with Gasteiger partial charge < -0.3 is 4.74 Å². The van der Waals surface area contributed by atoms with E-state index in [9.17, 15) is 0 Å². The molecule has 1 aromatic carbocycles. The summed E-state index contributed by atoms with van der Waals surface area (Å²) in [6.45, 7) is 0. The molecule has 1 atom stereocenters. The average Bonchev–Trinajstić information content (AvgIpc) is 2.41. The second kappa shape index (κ2) is 3.89. The summed E-state index contributed by atoms with van der Waals surface area (Å²) >= 11 is 0. The minimum absolute atomic E-state index is 0.324. The van der Waals surface area contributed by atoms with E-state index in [-0.39, 0.29) is 0 Å². The molecule has 0 radical (unpaired) electrons. The van der Waals surface area contributed by atoms with Gasteiger partial charge >= 0.3 is 0 Å². The number of hydrogen-bond acceptors (Lipinski definition) is 1. The lowest BCUT2D eigenvalue weighted by molar-refractivity contribution is -0.0522. The maximum atomic E-state index is 5.78. The standard InChI is InChI=1S/C15H20O/c1-16-14-11-12-7-9-15(14,10-8-12)13-5-3-2-4-6-13/h2-6,12,14H,7-11H2,1H3. The second-order valence-corrected chi connectivity index (χ2v) is 5.43. The molecule has 0 heterocycles. The molecular formula is C15H20O. The van der Waals surface area contributed by atoms with Gasteiger partial charge in [-0.1, -0.05) is 30.3 Å². The van der Waals surface area contributed by atoms with E-state index in [1.165, 1.54) is 37.7 Å². The van der Waals surface area contributed by atoms with Crippen LogP contribution in [0.1, 0.15) is 37.7 Å². The summed E-state index contributed by atoms with van der Waals surface area (Å²) in [5.74, 6) is 0.926. The molecule has 16 heavy (non-hydrogen) atoms. The van der Waals surface area contributed by atoms with Gasteiger partial charge in [0.2, 0.25) is 0 Å². The SMILES string of the molecule is COC1CC2CCC1(c1ccccc1)CC2. The fourth-order valence-corrected chi connectivity index (χ4v) is 3.85. The van der Waals surface area contributed by atoms with E-state index in [0.717, 1.165) is 5.92 Å². The van der Waals surface area contributed by atoms with Crippen LogP contribution in [0.25, 0.3) is 0 Å². The molecular weight excluding hydrogens is 196 g/mol. The molecule has 0 aliphatic heterocycles. The van der Waals surface area contributed by atoms with Crippen molar-refractivity contribution in [1.82, 2.24) is 0 Å². The Bertz CT molecular complexity index is 349. The number of rotatable bonds is 2. The van der Waals surface area contributed by atoms with Gasteiger partial charge in [0.15, 0.2) is 0 Å². The highest BCUT2D eigenvalue weighted by Crippen LogP contribution is 2.52. The molecule has 86 valence electrons. The Hall–Kier alpha value is -0.820. The quantitative estimate of drug-likeness (QED) is 0.735. The maximum Gasteiger partial charge on any atom is 0.0670 e. The molecule has 4 rings (SSSR count). The van der Waals surface area contributed by atoms with Gasteiger partial charge in [-0.2, -0.15) is 0 Å². The van der Waals surface area contributed by atoms with E-state index < -0.39 is 0 Å². The summed E-state index contributed by atoms with van der Waals surface area (Å²) in [6, 6.07) is 11.0. The van der Waals surface area contributed by atoms with Gasteiger partial charge in [-0.15, -0.1) is 0 Å². The zero-order valence-electron chi connectivity index (χ0n) is 9.99. The van der Waals surface area contributed by atoms with Gasteiger partial charge in [0.1, 0.15) is 0 Å². The third-order valence-corrected chi connectivity index (χ3v) is 4.79. The summed E-state index contributed by atoms with van der Waals surface area (Å²) in [5.41, 5.74) is 1.82. The lowest BCUT2D eigenvalue weighted by Gasteiger charge is -2.51. The largest absolute Gasteiger partial charge is 0.381 e. The molecule has 1 heteroatoms. The molecule has 3 saturated carbocycles. The van der Waals surface area contributed by atoms with Crippen molar-refractivity contribution in [3.8, 4) is 0 Å². The molecule has 0 spiro atoms. The van der Waals surface area contributed by atoms with Crippen LogP contribution in [0.4, 0.5) is 0 Å². The highest BCUT2D eigenvalue weighted by molar-refractivity contribution is 5.29. The Balaban J connectivity index is 2.00. The van der Waals surface area contributed by atoms with E-state index in [4.69, 9.17) is 4.74 Å². The van der Waals surface area contributed by atoms with Crippen molar-refractivity contribution in [2.45, 2.75) is 43.6 Å². The Morgan fingerprint density at radius 1 is 1.12 bits per heavy atom. The van der Waals surface area contributed by atoms with Crippen molar-refractivity contribution in [3.63, 3.8) is 0 Å². The first-order valence-electron chi connectivity index (χ1n) is 6.43. The van der Waals surface area contributed by atoms with Gasteiger partial charge in [-0.3, -0.25) is 0 Å². The minimum atomic E-state index is 0.324. The van der Waals surface area contributed by atoms with Crippen LogP contribution >= 0.6 is 0 Å². The van der Waals surface area contributed by atoms with E-state index in [1.807, 2.05) is 7.11 Å². The Kier molecular flexibility index (Phi) is 2.51. The van der Waals surface area contributed by atoms with Crippen LogP contribution in [0.2, 0.25) is 0 Å². The summed E-state index contributed by atoms with van der Waals surface area (Å²) in [4.78, 5) is 0. The topological polar surface area (TPSA) is 9.23 Å². The molecule has 3 aliphatic carbocycles. The second-order valence-electron chi connectivity index (χ2n) is 5.43. The zero-order valence-corrected chi connectivity index (χ0v) is 9.99. The van der Waals surface area contributed by atoms with Crippen LogP contribution < -0.4 is 0 Å². The fourth-order valence-electron chi connectivity index (χ4n) is 3.85. The van der Waals surface area contributed by atoms with Crippen LogP contribution in [0.5, 0.6) is 0 Å². The molecule has 3 fully saturated rings. The van der Waals surface area contributed by atoms with Crippen molar-refractivity contribution < 1.29 is 4.74 Å². The molecule has 1 nitrogen and oxygen atoms in total. The van der Waals surface area contributed by atoms with Crippen molar-refractivity contribution in [3.05, 3.63) is 35.9 Å². The first-order valence-corrected chi connectivity index (χ1v) is 6.43. The molecule has 1 unspecified atom stereocenters. The van der Waals surface area contributed by atoms with E-state index in [2.05, 4.69) is 30.3 Å². The van der Waals surface area contributed by atoms with Crippen LogP contribution in [0.3, 0.4) is 0 Å². The normalized spacial score (nSPS) is 37.6. The zero-order chi connectivity index (χ0) is 11.0. The van der Waals surface area contributed by atoms with Crippen molar-refractivity contribution in [2.24, 2.45) is 5.92 Å². The van der Waals surface area contributed by atoms with E-state index in [1.54, 1.807) is 0 Å². The molecule has 1 aromatic rings. The molecule has 2 bridgehead atoms. The summed E-state index contributed by atoms with van der Waals surface area (Å²) in [7, 11) is 1.88. The highest BCUT2D eigenvalue weighted by atomic mass is 16.5. The lowest BCUT2D eigenvalue weighted by Crippen LogP contribution is -2.49. The molecule has 0 N–H and O–H groups in total. The first kappa shape index (κ1) is 10.3. The highest BCUT2D eigenvalue weighted by Gasteiger charge is 2.48. The predicted molar refractivity (Wildman–Crippen MR) is 65.5 cm³/mol. The van der Waals surface area contributed by atoms with Gasteiger partial charge in [0, 0.05) is 12.5 Å².